The predicted molar refractivity (Wildman–Crippen MR) is 181 cm³/mol. The van der Waals surface area contributed by atoms with Crippen molar-refractivity contribution in [2.75, 3.05) is 0 Å². The molecule has 1 N–H and O–H groups in total. The summed E-state index contributed by atoms with van der Waals surface area (Å²) in [6.45, 7) is 4.55. The Kier molecular flexibility index (Phi) is 33.6. The lowest BCUT2D eigenvalue weighted by Gasteiger charge is -2.16. The van der Waals surface area contributed by atoms with E-state index >= 15 is 0 Å². The Bertz CT molecular complexity index is 561. The van der Waals surface area contributed by atoms with Crippen LogP contribution in [0.4, 0.5) is 0 Å². The maximum Gasteiger partial charge on any atom is 0.307 e. The summed E-state index contributed by atoms with van der Waals surface area (Å²) in [4.78, 5) is 23.6. The average molecular weight is 595 g/mol. The molecule has 0 saturated heterocycles. The molecule has 0 amide bonds. The largest absolute Gasteiger partial charge is 0.481 e. The number of carbonyl (C=O) groups is 2. The number of carboxylic acids is 1. The molecule has 42 heavy (non-hydrogen) atoms. The predicted octanol–water partition coefficient (Wildman–Crippen LogP) is 12.9. The van der Waals surface area contributed by atoms with Crippen LogP contribution in [0.1, 0.15) is 226 Å². The van der Waals surface area contributed by atoms with E-state index in [1.807, 2.05) is 0 Å². The molecule has 0 bridgehead atoms. The van der Waals surface area contributed by atoms with E-state index in [9.17, 15) is 14.7 Å². The van der Waals surface area contributed by atoms with Crippen LogP contribution in [-0.2, 0) is 14.3 Å². The molecule has 1 atom stereocenters. The van der Waals surface area contributed by atoms with E-state index in [1.54, 1.807) is 0 Å². The van der Waals surface area contributed by atoms with Gasteiger partial charge in [-0.15, -0.1) is 0 Å². The van der Waals surface area contributed by atoms with E-state index in [-0.39, 0.29) is 12.4 Å². The first kappa shape index (κ1) is 40.9. The first-order valence-corrected chi connectivity index (χ1v) is 19.0. The Morgan fingerprint density at radius 2 is 0.738 bits per heavy atom. The van der Waals surface area contributed by atoms with Gasteiger partial charge in [-0.05, 0) is 19.3 Å². The van der Waals surface area contributed by atoms with Crippen LogP contribution in [0, 0.1) is 0 Å². The fourth-order valence-electron chi connectivity index (χ4n) is 6.03. The molecule has 0 unspecified atom stereocenters. The number of hydrogen-bond donors (Lipinski definition) is 1. The second-order valence-electron chi connectivity index (χ2n) is 13.1. The Morgan fingerprint density at radius 1 is 0.452 bits per heavy atom. The number of aliphatic carboxylic acids is 1. The Hall–Kier alpha value is -1.06. The molecule has 0 aromatic carbocycles. The zero-order valence-corrected chi connectivity index (χ0v) is 28.6. The molecule has 0 aliphatic rings. The van der Waals surface area contributed by atoms with Gasteiger partial charge in [0.2, 0.25) is 0 Å². The summed E-state index contributed by atoms with van der Waals surface area (Å²) >= 11 is 0. The lowest BCUT2D eigenvalue weighted by molar-refractivity contribution is -0.153. The van der Waals surface area contributed by atoms with Crippen LogP contribution in [0.3, 0.4) is 0 Å². The first-order valence-electron chi connectivity index (χ1n) is 19.0. The van der Waals surface area contributed by atoms with Gasteiger partial charge < -0.3 is 9.84 Å². The SMILES string of the molecule is CCCCCCCCCCCCCCCCCC(=O)O[C@H](CCCCCCCCCCCCCCCCC)CC(=O)O. The van der Waals surface area contributed by atoms with Crippen LogP contribution in [0.15, 0.2) is 0 Å². The third-order valence-corrected chi connectivity index (χ3v) is 8.81. The van der Waals surface area contributed by atoms with Crippen LogP contribution < -0.4 is 0 Å². The van der Waals surface area contributed by atoms with Gasteiger partial charge in [0.15, 0.2) is 0 Å². The van der Waals surface area contributed by atoms with Crippen LogP contribution in [-0.4, -0.2) is 23.1 Å². The van der Waals surface area contributed by atoms with Gasteiger partial charge >= 0.3 is 11.9 Å². The molecule has 0 saturated carbocycles. The van der Waals surface area contributed by atoms with Gasteiger partial charge in [0.25, 0.3) is 0 Å². The molecule has 4 nitrogen and oxygen atoms in total. The molecule has 250 valence electrons. The van der Waals surface area contributed by atoms with Gasteiger partial charge in [0, 0.05) is 6.42 Å². The second kappa shape index (κ2) is 34.4. The van der Waals surface area contributed by atoms with Crippen molar-refractivity contribution in [2.45, 2.75) is 232 Å². The van der Waals surface area contributed by atoms with Crippen LogP contribution in [0.5, 0.6) is 0 Å². The summed E-state index contributed by atoms with van der Waals surface area (Å²) in [7, 11) is 0. The van der Waals surface area contributed by atoms with Crippen LogP contribution >= 0.6 is 0 Å². The summed E-state index contributed by atoms with van der Waals surface area (Å²) in [5.41, 5.74) is 0. The van der Waals surface area contributed by atoms with E-state index in [2.05, 4.69) is 13.8 Å². The van der Waals surface area contributed by atoms with Crippen molar-refractivity contribution in [1.82, 2.24) is 0 Å². The Labute approximate surface area is 262 Å². The third-order valence-electron chi connectivity index (χ3n) is 8.81. The second-order valence-corrected chi connectivity index (χ2v) is 13.1. The molecule has 0 fully saturated rings. The fourth-order valence-corrected chi connectivity index (χ4v) is 6.03. The normalized spacial score (nSPS) is 12.0. The molecule has 0 aliphatic carbocycles. The van der Waals surface area contributed by atoms with Gasteiger partial charge in [-0.3, -0.25) is 9.59 Å². The number of carboxylic acid groups (broad SMARTS) is 1. The van der Waals surface area contributed by atoms with E-state index in [0.717, 1.165) is 25.7 Å². The number of ether oxygens (including phenoxy) is 1. The lowest BCUT2D eigenvalue weighted by Crippen LogP contribution is -2.21. The fraction of sp³-hybridized carbons (Fsp3) is 0.947. The van der Waals surface area contributed by atoms with Gasteiger partial charge in [0.05, 0.1) is 6.42 Å². The molecular weight excluding hydrogens is 520 g/mol. The number of rotatable bonds is 35. The van der Waals surface area contributed by atoms with Crippen molar-refractivity contribution < 1.29 is 19.4 Å². The summed E-state index contributed by atoms with van der Waals surface area (Å²) < 4.78 is 5.58. The zero-order valence-electron chi connectivity index (χ0n) is 28.6. The highest BCUT2D eigenvalue weighted by Crippen LogP contribution is 2.17. The molecular formula is C38H74O4. The number of esters is 1. The Morgan fingerprint density at radius 3 is 1.05 bits per heavy atom. The standard InChI is InChI=1S/C38H74O4/c1-3-5-7-9-11-13-15-17-19-21-23-25-27-29-31-33-36(35-37(39)40)42-38(41)34-32-30-28-26-24-22-20-18-16-14-12-10-8-6-4-2/h36H,3-35H2,1-2H3,(H,39,40)/t36-/m1/s1. The van der Waals surface area contributed by atoms with Crippen molar-refractivity contribution in [3.8, 4) is 0 Å². The minimum atomic E-state index is -0.874. The smallest absolute Gasteiger partial charge is 0.307 e. The van der Waals surface area contributed by atoms with Crippen molar-refractivity contribution in [3.05, 3.63) is 0 Å². The summed E-state index contributed by atoms with van der Waals surface area (Å²) in [5, 5.41) is 9.25. The molecule has 0 aliphatic heterocycles. The average Bonchev–Trinajstić information content (AvgIpc) is 2.96. The van der Waals surface area contributed by atoms with Crippen LogP contribution in [0.25, 0.3) is 0 Å². The highest BCUT2D eigenvalue weighted by atomic mass is 16.5. The third kappa shape index (κ3) is 33.4. The molecule has 4 heteroatoms. The van der Waals surface area contributed by atoms with Gasteiger partial charge in [-0.1, -0.05) is 194 Å². The molecule has 0 rings (SSSR count). The molecule has 0 spiro atoms. The van der Waals surface area contributed by atoms with Crippen molar-refractivity contribution in [3.63, 3.8) is 0 Å². The van der Waals surface area contributed by atoms with E-state index in [4.69, 9.17) is 4.74 Å². The van der Waals surface area contributed by atoms with Crippen molar-refractivity contribution in [2.24, 2.45) is 0 Å². The monoisotopic (exact) mass is 595 g/mol. The maximum atomic E-state index is 12.3. The van der Waals surface area contributed by atoms with E-state index in [0.29, 0.717) is 12.8 Å². The Balaban J connectivity index is 3.60. The zero-order chi connectivity index (χ0) is 30.8. The van der Waals surface area contributed by atoms with Gasteiger partial charge in [-0.2, -0.15) is 0 Å². The number of unbranched alkanes of at least 4 members (excludes halogenated alkanes) is 28. The molecule has 0 heterocycles. The minimum absolute atomic E-state index is 0.0663. The van der Waals surface area contributed by atoms with E-state index < -0.39 is 12.1 Å². The highest BCUT2D eigenvalue weighted by Gasteiger charge is 2.17. The lowest BCUT2D eigenvalue weighted by atomic mass is 10.0. The van der Waals surface area contributed by atoms with Crippen LogP contribution in [0.2, 0.25) is 0 Å². The first-order chi connectivity index (χ1) is 20.6. The molecule has 0 radical (unpaired) electrons. The molecule has 0 aromatic rings. The van der Waals surface area contributed by atoms with Gasteiger partial charge in [0.1, 0.15) is 6.10 Å². The van der Waals surface area contributed by atoms with E-state index in [1.165, 1.54) is 167 Å². The quantitative estimate of drug-likeness (QED) is 0.0585. The summed E-state index contributed by atoms with van der Waals surface area (Å²) in [6, 6.07) is 0. The topological polar surface area (TPSA) is 63.6 Å². The summed E-state index contributed by atoms with van der Waals surface area (Å²) in [5.74, 6) is -1.09. The number of hydrogen-bond acceptors (Lipinski definition) is 3. The summed E-state index contributed by atoms with van der Waals surface area (Å²) in [6.07, 6.45) is 39.8. The number of carbonyl (C=O) groups excluding carboxylic acids is 1. The maximum absolute atomic E-state index is 12.3. The van der Waals surface area contributed by atoms with Crippen molar-refractivity contribution >= 4 is 11.9 Å². The molecule has 0 aromatic heterocycles. The van der Waals surface area contributed by atoms with Crippen molar-refractivity contribution in [1.29, 1.82) is 0 Å². The minimum Gasteiger partial charge on any atom is -0.481 e. The van der Waals surface area contributed by atoms with Gasteiger partial charge in [-0.25, -0.2) is 0 Å². The highest BCUT2D eigenvalue weighted by molar-refractivity contribution is 5.71.